The average Bonchev–Trinajstić information content (AvgIpc) is 2.50. The fraction of sp³-hybridized carbons (Fsp3) is 0.286. The van der Waals surface area contributed by atoms with Gasteiger partial charge in [0.2, 0.25) is 5.91 Å². The van der Waals surface area contributed by atoms with E-state index in [1.807, 2.05) is 0 Å². The van der Waals surface area contributed by atoms with Crippen LogP contribution in [-0.4, -0.2) is 27.4 Å². The molecule has 3 rings (SSSR count). The summed E-state index contributed by atoms with van der Waals surface area (Å²) in [6.07, 6.45) is -0.231. The molecule has 2 atom stereocenters. The van der Waals surface area contributed by atoms with Crippen LogP contribution in [0.15, 0.2) is 10.9 Å². The number of nitrogens with one attached hydrogen (secondary N) is 1. The first-order valence-corrected chi connectivity index (χ1v) is 7.35. The van der Waals surface area contributed by atoms with Crippen LogP contribution in [0, 0.1) is 6.92 Å². The number of piperidine rings is 1. The Hall–Kier alpha value is -3.18. The second-order valence-electron chi connectivity index (χ2n) is 6.01. The number of hydrogen-bond donors (Lipinski definition) is 6. The monoisotopic (exact) mass is 346 g/mol. The van der Waals surface area contributed by atoms with Crippen LogP contribution in [0.1, 0.15) is 12.2 Å². The lowest BCUT2D eigenvalue weighted by Gasteiger charge is -2.38. The molecule has 132 valence electrons. The first kappa shape index (κ1) is 16.7. The summed E-state index contributed by atoms with van der Waals surface area (Å²) in [6, 6.07) is 0.199. The molecule has 0 bridgehead atoms. The Labute approximate surface area is 141 Å². The van der Waals surface area contributed by atoms with E-state index < -0.39 is 29.1 Å². The minimum Gasteiger partial charge on any atom is -0.398 e. The van der Waals surface area contributed by atoms with Crippen LogP contribution in [0.3, 0.4) is 0 Å². The zero-order valence-electron chi connectivity index (χ0n) is 13.4. The van der Waals surface area contributed by atoms with E-state index in [1.165, 1.54) is 13.0 Å². The Morgan fingerprint density at radius 3 is 2.48 bits per heavy atom. The van der Waals surface area contributed by atoms with Crippen molar-refractivity contribution in [3.63, 3.8) is 0 Å². The molecule has 1 aliphatic rings. The van der Waals surface area contributed by atoms with Crippen LogP contribution in [-0.2, 0) is 15.3 Å². The first-order chi connectivity index (χ1) is 11.6. The van der Waals surface area contributed by atoms with Crippen molar-refractivity contribution in [2.24, 2.45) is 11.5 Å². The van der Waals surface area contributed by atoms with E-state index in [-0.39, 0.29) is 40.2 Å². The van der Waals surface area contributed by atoms with Gasteiger partial charge < -0.3 is 22.9 Å². The maximum absolute atomic E-state index is 13.1. The SMILES string of the molecule is Cc1nc2c(N)c(N)cc(N)c2c(=O)n1C1(N)C(=O)NC(=O)CC1N. The highest BCUT2D eigenvalue weighted by atomic mass is 16.2. The highest BCUT2D eigenvalue weighted by Gasteiger charge is 2.49. The minimum atomic E-state index is -2.00. The van der Waals surface area contributed by atoms with Crippen molar-refractivity contribution in [3.8, 4) is 0 Å². The first-order valence-electron chi connectivity index (χ1n) is 7.35. The predicted octanol–water partition coefficient (Wildman–Crippen LogP) is -2.56. The van der Waals surface area contributed by atoms with E-state index >= 15 is 0 Å². The van der Waals surface area contributed by atoms with Crippen LogP contribution >= 0.6 is 0 Å². The van der Waals surface area contributed by atoms with Crippen LogP contribution in [0.5, 0.6) is 0 Å². The fourth-order valence-electron chi connectivity index (χ4n) is 3.04. The molecule has 0 aliphatic carbocycles. The van der Waals surface area contributed by atoms with E-state index in [1.54, 1.807) is 0 Å². The molecule has 1 saturated heterocycles. The van der Waals surface area contributed by atoms with Gasteiger partial charge in [-0.15, -0.1) is 0 Å². The molecule has 25 heavy (non-hydrogen) atoms. The second-order valence-corrected chi connectivity index (χ2v) is 6.01. The Balaban J connectivity index is 2.41. The number of amides is 2. The maximum Gasteiger partial charge on any atom is 0.269 e. The van der Waals surface area contributed by atoms with Crippen molar-refractivity contribution in [3.05, 3.63) is 22.2 Å². The smallest absolute Gasteiger partial charge is 0.269 e. The molecule has 1 aromatic carbocycles. The molecular formula is C14H18N8O3. The normalized spacial score (nSPS) is 23.7. The number of aromatic nitrogens is 2. The van der Waals surface area contributed by atoms with E-state index in [2.05, 4.69) is 10.3 Å². The van der Waals surface area contributed by atoms with Crippen molar-refractivity contribution in [2.75, 3.05) is 17.2 Å². The van der Waals surface area contributed by atoms with Gasteiger partial charge >= 0.3 is 0 Å². The maximum atomic E-state index is 13.1. The van der Waals surface area contributed by atoms with Gasteiger partial charge in [0.05, 0.1) is 22.8 Å². The molecule has 1 fully saturated rings. The minimum absolute atomic E-state index is 0.0287. The number of fused-ring (bicyclic) bond motifs is 1. The standard InChI is InChI=1S/C14H18N8O3/c1-4-20-11-9(5(15)2-6(16)10(11)18)12(24)22(4)14(19)7(17)3-8(23)21-13(14)25/h2,7H,3,15-19H2,1H3,(H,21,23,25). The van der Waals surface area contributed by atoms with Crippen LogP contribution in [0.2, 0.25) is 0 Å². The fourth-order valence-corrected chi connectivity index (χ4v) is 3.04. The average molecular weight is 346 g/mol. The number of imide groups is 1. The molecule has 2 aromatic rings. The van der Waals surface area contributed by atoms with Gasteiger partial charge in [-0.1, -0.05) is 0 Å². The second kappa shape index (κ2) is 5.16. The lowest BCUT2D eigenvalue weighted by molar-refractivity contribution is -0.142. The van der Waals surface area contributed by atoms with Crippen molar-refractivity contribution in [1.29, 1.82) is 0 Å². The Kier molecular flexibility index (Phi) is 3.44. The number of nitrogen functional groups attached to an aromatic ring is 3. The molecule has 2 unspecified atom stereocenters. The Morgan fingerprint density at radius 1 is 1.24 bits per heavy atom. The summed E-state index contributed by atoms with van der Waals surface area (Å²) in [6.45, 7) is 1.46. The number of nitrogens with zero attached hydrogens (tertiary/aromatic N) is 2. The molecule has 1 aromatic heterocycles. The lowest BCUT2D eigenvalue weighted by Crippen LogP contribution is -2.72. The Bertz CT molecular complexity index is 998. The Morgan fingerprint density at radius 2 is 1.88 bits per heavy atom. The van der Waals surface area contributed by atoms with Crippen LogP contribution in [0.4, 0.5) is 17.1 Å². The van der Waals surface area contributed by atoms with Gasteiger partial charge in [-0.25, -0.2) is 4.98 Å². The molecular weight excluding hydrogens is 328 g/mol. The summed E-state index contributed by atoms with van der Waals surface area (Å²) in [7, 11) is 0. The van der Waals surface area contributed by atoms with Gasteiger partial charge in [0.25, 0.3) is 11.5 Å². The number of carbonyl (C=O) groups is 2. The molecule has 1 aliphatic heterocycles. The van der Waals surface area contributed by atoms with Gasteiger partial charge in [-0.05, 0) is 13.0 Å². The highest BCUT2D eigenvalue weighted by molar-refractivity contribution is 6.04. The van der Waals surface area contributed by atoms with Crippen LogP contribution < -0.4 is 39.5 Å². The summed E-state index contributed by atoms with van der Waals surface area (Å²) in [5.41, 5.74) is 27.4. The molecule has 11 nitrogen and oxygen atoms in total. The van der Waals surface area contributed by atoms with E-state index in [4.69, 9.17) is 28.7 Å². The number of anilines is 3. The van der Waals surface area contributed by atoms with E-state index in [0.717, 1.165) is 4.57 Å². The highest BCUT2D eigenvalue weighted by Crippen LogP contribution is 2.30. The third-order valence-electron chi connectivity index (χ3n) is 4.37. The van der Waals surface area contributed by atoms with E-state index in [9.17, 15) is 14.4 Å². The van der Waals surface area contributed by atoms with Crippen molar-refractivity contribution in [1.82, 2.24) is 14.9 Å². The quantitative estimate of drug-likeness (QED) is 0.236. The van der Waals surface area contributed by atoms with Gasteiger partial charge in [0.1, 0.15) is 11.3 Å². The summed E-state index contributed by atoms with van der Waals surface area (Å²) in [5, 5.41) is 2.06. The zero-order chi connectivity index (χ0) is 18.7. The molecule has 2 heterocycles. The predicted molar refractivity (Wildman–Crippen MR) is 91.9 cm³/mol. The number of carbonyl (C=O) groups excluding carboxylic acids is 2. The zero-order valence-corrected chi connectivity index (χ0v) is 13.4. The van der Waals surface area contributed by atoms with Gasteiger partial charge in [0, 0.05) is 12.1 Å². The molecule has 0 radical (unpaired) electrons. The molecule has 0 saturated carbocycles. The molecule has 11 N–H and O–H groups in total. The summed E-state index contributed by atoms with van der Waals surface area (Å²) in [5.74, 6) is -1.39. The topological polar surface area (TPSA) is 211 Å². The molecule has 0 spiro atoms. The number of rotatable bonds is 1. The lowest BCUT2D eigenvalue weighted by atomic mass is 9.92. The van der Waals surface area contributed by atoms with Gasteiger partial charge in [0.15, 0.2) is 5.66 Å². The van der Waals surface area contributed by atoms with Crippen LogP contribution in [0.25, 0.3) is 10.9 Å². The third-order valence-corrected chi connectivity index (χ3v) is 4.37. The largest absolute Gasteiger partial charge is 0.398 e. The molecule has 2 amide bonds. The number of benzene rings is 1. The van der Waals surface area contributed by atoms with Gasteiger partial charge in [-0.2, -0.15) is 0 Å². The third kappa shape index (κ3) is 2.13. The number of aryl methyl sites for hydroxylation is 1. The number of hydrogen-bond acceptors (Lipinski definition) is 9. The van der Waals surface area contributed by atoms with Gasteiger partial charge in [-0.3, -0.25) is 30.0 Å². The molecule has 11 heteroatoms. The van der Waals surface area contributed by atoms with Crippen molar-refractivity contribution < 1.29 is 9.59 Å². The summed E-state index contributed by atoms with van der Waals surface area (Å²) in [4.78, 5) is 41.2. The number of nitrogens with two attached hydrogens (primary N) is 5. The summed E-state index contributed by atoms with van der Waals surface area (Å²) >= 11 is 0. The van der Waals surface area contributed by atoms with E-state index in [0.29, 0.717) is 0 Å². The van der Waals surface area contributed by atoms with Crippen molar-refractivity contribution >= 4 is 39.8 Å². The summed E-state index contributed by atoms with van der Waals surface area (Å²) < 4.78 is 0.938. The van der Waals surface area contributed by atoms with Crippen molar-refractivity contribution in [2.45, 2.75) is 25.0 Å².